The highest BCUT2D eigenvalue weighted by Gasteiger charge is 2.35. The zero-order chi connectivity index (χ0) is 20.8. The van der Waals surface area contributed by atoms with Crippen molar-refractivity contribution in [3.8, 4) is 11.3 Å². The molecule has 0 radical (unpaired) electrons. The van der Waals surface area contributed by atoms with Crippen molar-refractivity contribution in [3.05, 3.63) is 65.7 Å². The number of carbonyl (C=O) groups is 1. The third kappa shape index (κ3) is 3.27. The van der Waals surface area contributed by atoms with Gasteiger partial charge in [-0.05, 0) is 30.3 Å². The SMILES string of the molecule is COP(=O)(c1cccc(-c2cn(C)cn2)c1)c1c(C(N)=O)[nH]c2ccc(Cl)cc12. The standard InChI is InChI=1S/C20H18ClN4O3P/c1-25-10-17(23-11-25)12-4-3-5-14(8-12)29(27,28-2)19-15-9-13(21)6-7-16(15)24-18(19)20(22)26/h3-11,24H,1-2H3,(H2,22,26). The van der Waals surface area contributed by atoms with Crippen LogP contribution in [0.5, 0.6) is 0 Å². The molecule has 3 N–H and O–H groups in total. The summed E-state index contributed by atoms with van der Waals surface area (Å²) in [6, 6.07) is 12.1. The number of aryl methyl sites for hydroxylation is 1. The molecule has 2 aromatic carbocycles. The van der Waals surface area contributed by atoms with Crippen LogP contribution in [0.15, 0.2) is 55.0 Å². The Morgan fingerprint density at radius 2 is 2.07 bits per heavy atom. The third-order valence-electron chi connectivity index (χ3n) is 4.72. The Morgan fingerprint density at radius 1 is 1.28 bits per heavy atom. The average Bonchev–Trinajstić information content (AvgIpc) is 3.31. The van der Waals surface area contributed by atoms with Gasteiger partial charge in [0.2, 0.25) is 0 Å². The minimum Gasteiger partial charge on any atom is -0.364 e. The molecular weight excluding hydrogens is 411 g/mol. The lowest BCUT2D eigenvalue weighted by atomic mass is 10.2. The first-order chi connectivity index (χ1) is 13.8. The average molecular weight is 429 g/mol. The Bertz CT molecular complexity index is 1290. The lowest BCUT2D eigenvalue weighted by Gasteiger charge is -2.18. The Balaban J connectivity index is 1.98. The molecule has 0 spiro atoms. The number of amides is 1. The Kier molecular flexibility index (Phi) is 4.82. The topological polar surface area (TPSA) is 103 Å². The molecule has 4 rings (SSSR count). The van der Waals surface area contributed by atoms with Crippen LogP contribution in [0.3, 0.4) is 0 Å². The molecule has 0 bridgehead atoms. The number of aromatic nitrogens is 3. The highest BCUT2D eigenvalue weighted by molar-refractivity contribution is 7.75. The number of nitrogens with zero attached hydrogens (tertiary/aromatic N) is 2. The van der Waals surface area contributed by atoms with Gasteiger partial charge in [0.1, 0.15) is 5.69 Å². The lowest BCUT2D eigenvalue weighted by molar-refractivity contribution is 0.0997. The summed E-state index contributed by atoms with van der Waals surface area (Å²) >= 11 is 6.16. The predicted molar refractivity (Wildman–Crippen MR) is 114 cm³/mol. The van der Waals surface area contributed by atoms with Gasteiger partial charge in [-0.3, -0.25) is 9.36 Å². The molecule has 0 aliphatic rings. The summed E-state index contributed by atoms with van der Waals surface area (Å²) in [6.07, 6.45) is 3.54. The quantitative estimate of drug-likeness (QED) is 0.476. The minimum atomic E-state index is -3.68. The monoisotopic (exact) mass is 428 g/mol. The van der Waals surface area contributed by atoms with Crippen LogP contribution in [0.4, 0.5) is 0 Å². The first-order valence-corrected chi connectivity index (χ1v) is 10.7. The summed E-state index contributed by atoms with van der Waals surface area (Å²) < 4.78 is 21.6. The van der Waals surface area contributed by atoms with Crippen LogP contribution < -0.4 is 16.3 Å². The van der Waals surface area contributed by atoms with E-state index >= 15 is 0 Å². The van der Waals surface area contributed by atoms with E-state index in [2.05, 4.69) is 9.97 Å². The number of carbonyl (C=O) groups excluding carboxylic acids is 1. The van der Waals surface area contributed by atoms with Gasteiger partial charge < -0.3 is 19.8 Å². The number of benzene rings is 2. The summed E-state index contributed by atoms with van der Waals surface area (Å²) in [6.45, 7) is 0. The number of aromatic amines is 1. The number of primary amides is 1. The maximum Gasteiger partial charge on any atom is 0.266 e. The summed E-state index contributed by atoms with van der Waals surface area (Å²) in [5, 5.41) is 1.60. The summed E-state index contributed by atoms with van der Waals surface area (Å²) in [7, 11) is -0.460. The van der Waals surface area contributed by atoms with Gasteiger partial charge in [0, 0.05) is 47.1 Å². The number of halogens is 1. The fraction of sp³-hybridized carbons (Fsp3) is 0.100. The first kappa shape index (κ1) is 19.5. The van der Waals surface area contributed by atoms with Gasteiger partial charge in [0.15, 0.2) is 0 Å². The number of nitrogens with two attached hydrogens (primary N) is 1. The minimum absolute atomic E-state index is 0.0377. The predicted octanol–water partition coefficient (Wildman–Crippen LogP) is 3.20. The second-order valence-electron chi connectivity index (χ2n) is 6.61. The van der Waals surface area contributed by atoms with Crippen LogP contribution in [0, 0.1) is 0 Å². The molecule has 1 amide bonds. The van der Waals surface area contributed by atoms with Crippen molar-refractivity contribution in [1.82, 2.24) is 14.5 Å². The van der Waals surface area contributed by atoms with Crippen LogP contribution in [-0.2, 0) is 16.1 Å². The van der Waals surface area contributed by atoms with Gasteiger partial charge in [0.25, 0.3) is 13.3 Å². The molecule has 9 heteroatoms. The van der Waals surface area contributed by atoms with E-state index in [4.69, 9.17) is 21.9 Å². The van der Waals surface area contributed by atoms with E-state index in [9.17, 15) is 9.36 Å². The van der Waals surface area contributed by atoms with Crippen LogP contribution in [0.2, 0.25) is 5.02 Å². The number of nitrogens with one attached hydrogen (secondary N) is 1. The van der Waals surface area contributed by atoms with Crippen LogP contribution >= 0.6 is 19.0 Å². The molecule has 0 aliphatic carbocycles. The number of hydrogen-bond donors (Lipinski definition) is 2. The zero-order valence-electron chi connectivity index (χ0n) is 15.7. The number of hydrogen-bond acceptors (Lipinski definition) is 4. The van der Waals surface area contributed by atoms with Crippen LogP contribution in [0.1, 0.15) is 10.5 Å². The Hall–Kier alpha value is -2.86. The van der Waals surface area contributed by atoms with E-state index in [-0.39, 0.29) is 11.0 Å². The number of rotatable bonds is 5. The van der Waals surface area contributed by atoms with Crippen molar-refractivity contribution >= 4 is 46.4 Å². The van der Waals surface area contributed by atoms with E-state index in [1.165, 1.54) is 7.11 Å². The van der Waals surface area contributed by atoms with E-state index in [1.54, 1.807) is 42.7 Å². The molecular formula is C20H18ClN4O3P. The van der Waals surface area contributed by atoms with Crippen LogP contribution in [0.25, 0.3) is 22.2 Å². The molecule has 1 unspecified atom stereocenters. The van der Waals surface area contributed by atoms with E-state index < -0.39 is 13.3 Å². The van der Waals surface area contributed by atoms with E-state index in [0.29, 0.717) is 21.2 Å². The maximum atomic E-state index is 14.2. The first-order valence-electron chi connectivity index (χ1n) is 8.70. The number of H-pyrrole nitrogens is 1. The molecule has 148 valence electrons. The normalized spacial score (nSPS) is 13.5. The van der Waals surface area contributed by atoms with E-state index in [1.807, 2.05) is 23.9 Å². The third-order valence-corrected chi connectivity index (χ3v) is 7.48. The Morgan fingerprint density at radius 3 is 2.72 bits per heavy atom. The molecule has 4 aromatic rings. The van der Waals surface area contributed by atoms with Crippen molar-refractivity contribution in [2.24, 2.45) is 12.8 Å². The molecule has 2 aromatic heterocycles. The number of fused-ring (bicyclic) bond motifs is 1. The number of imidazole rings is 1. The van der Waals surface area contributed by atoms with Crippen molar-refractivity contribution in [2.75, 3.05) is 7.11 Å². The molecule has 0 aliphatic heterocycles. The largest absolute Gasteiger partial charge is 0.364 e. The molecule has 0 saturated carbocycles. The summed E-state index contributed by atoms with van der Waals surface area (Å²) in [5.41, 5.74) is 7.72. The molecule has 1 atom stereocenters. The maximum absolute atomic E-state index is 14.2. The highest BCUT2D eigenvalue weighted by atomic mass is 35.5. The molecule has 0 saturated heterocycles. The zero-order valence-corrected chi connectivity index (χ0v) is 17.4. The lowest BCUT2D eigenvalue weighted by Crippen LogP contribution is -2.25. The van der Waals surface area contributed by atoms with Gasteiger partial charge in [-0.25, -0.2) is 4.98 Å². The fourth-order valence-electron chi connectivity index (χ4n) is 3.37. The second kappa shape index (κ2) is 7.19. The van der Waals surface area contributed by atoms with Gasteiger partial charge in [0.05, 0.1) is 17.3 Å². The van der Waals surface area contributed by atoms with Gasteiger partial charge >= 0.3 is 0 Å². The molecule has 29 heavy (non-hydrogen) atoms. The van der Waals surface area contributed by atoms with Gasteiger partial charge in [-0.15, -0.1) is 0 Å². The Labute approximate surface area is 171 Å². The molecule has 0 fully saturated rings. The van der Waals surface area contributed by atoms with Crippen LogP contribution in [-0.4, -0.2) is 27.6 Å². The van der Waals surface area contributed by atoms with Crippen molar-refractivity contribution in [2.45, 2.75) is 0 Å². The summed E-state index contributed by atoms with van der Waals surface area (Å²) in [4.78, 5) is 19.4. The van der Waals surface area contributed by atoms with Crippen molar-refractivity contribution in [3.63, 3.8) is 0 Å². The molecule has 7 nitrogen and oxygen atoms in total. The second-order valence-corrected chi connectivity index (χ2v) is 9.48. The van der Waals surface area contributed by atoms with Gasteiger partial charge in [-0.2, -0.15) is 0 Å². The highest BCUT2D eigenvalue weighted by Crippen LogP contribution is 2.47. The van der Waals surface area contributed by atoms with Crippen molar-refractivity contribution in [1.29, 1.82) is 0 Å². The van der Waals surface area contributed by atoms with Gasteiger partial charge in [-0.1, -0.05) is 23.7 Å². The summed E-state index contributed by atoms with van der Waals surface area (Å²) in [5.74, 6) is -0.731. The van der Waals surface area contributed by atoms with E-state index in [0.717, 1.165) is 11.3 Å². The smallest absolute Gasteiger partial charge is 0.266 e. The van der Waals surface area contributed by atoms with Crippen molar-refractivity contribution < 1.29 is 13.9 Å². The fourth-order valence-corrected chi connectivity index (χ4v) is 5.75. The molecule has 2 heterocycles.